The fourth-order valence-corrected chi connectivity index (χ4v) is 2.32. The number of piperidine rings is 1. The fraction of sp³-hybridized carbons (Fsp3) is 0.533. The number of methoxy groups -OCH3 is 2. The molecular weight excluding hydrogens is 258 g/mol. The van der Waals surface area contributed by atoms with Crippen LogP contribution in [-0.4, -0.2) is 38.9 Å². The lowest BCUT2D eigenvalue weighted by molar-refractivity contribution is 0.0513. The van der Waals surface area contributed by atoms with Crippen LogP contribution in [0.3, 0.4) is 0 Å². The summed E-state index contributed by atoms with van der Waals surface area (Å²) in [5.41, 5.74) is 0.216. The second-order valence-electron chi connectivity index (χ2n) is 5.16. The molecule has 0 unspecified atom stereocenters. The predicted octanol–water partition coefficient (Wildman–Crippen LogP) is 2.00. The Labute approximate surface area is 119 Å². The van der Waals surface area contributed by atoms with Gasteiger partial charge in [-0.1, -0.05) is 0 Å². The van der Waals surface area contributed by atoms with Gasteiger partial charge >= 0.3 is 5.97 Å². The van der Waals surface area contributed by atoms with Gasteiger partial charge in [-0.25, -0.2) is 4.79 Å². The van der Waals surface area contributed by atoms with Gasteiger partial charge in [0.25, 0.3) is 0 Å². The van der Waals surface area contributed by atoms with Crippen LogP contribution >= 0.6 is 0 Å². The maximum Gasteiger partial charge on any atom is 0.337 e. The molecule has 0 amide bonds. The van der Waals surface area contributed by atoms with Crippen molar-refractivity contribution in [3.63, 3.8) is 0 Å². The van der Waals surface area contributed by atoms with Crippen molar-refractivity contribution in [1.82, 2.24) is 5.32 Å². The van der Waals surface area contributed by atoms with Gasteiger partial charge in [0, 0.05) is 0 Å². The average Bonchev–Trinajstić information content (AvgIpc) is 2.46. The Balaban J connectivity index is 2.26. The zero-order valence-corrected chi connectivity index (χ0v) is 12.2. The number of hydrogen-bond donors (Lipinski definition) is 1. The van der Waals surface area contributed by atoms with Gasteiger partial charge in [-0.05, 0) is 51.1 Å². The van der Waals surface area contributed by atoms with E-state index in [2.05, 4.69) is 12.2 Å². The number of carbonyl (C=O) groups is 1. The Morgan fingerprint density at radius 3 is 2.50 bits per heavy atom. The van der Waals surface area contributed by atoms with E-state index < -0.39 is 0 Å². The number of hydrogen-bond acceptors (Lipinski definition) is 5. The van der Waals surface area contributed by atoms with E-state index in [0.29, 0.717) is 17.1 Å². The topological polar surface area (TPSA) is 56.8 Å². The molecule has 0 spiro atoms. The number of benzene rings is 1. The first-order chi connectivity index (χ1) is 9.58. The first-order valence-corrected chi connectivity index (χ1v) is 6.74. The summed E-state index contributed by atoms with van der Waals surface area (Å²) in [6.45, 7) is 3.93. The minimum atomic E-state index is -0.382. The van der Waals surface area contributed by atoms with Crippen molar-refractivity contribution in [1.29, 1.82) is 0 Å². The molecule has 0 atom stereocenters. The molecule has 5 heteroatoms. The highest BCUT2D eigenvalue weighted by atomic mass is 16.5. The molecule has 0 radical (unpaired) electrons. The summed E-state index contributed by atoms with van der Waals surface area (Å²) < 4.78 is 16.2. The third-order valence-electron chi connectivity index (χ3n) is 3.60. The Bertz CT molecular complexity index is 481. The van der Waals surface area contributed by atoms with E-state index in [1.807, 2.05) is 0 Å². The van der Waals surface area contributed by atoms with E-state index in [0.717, 1.165) is 25.9 Å². The van der Waals surface area contributed by atoms with E-state index in [4.69, 9.17) is 14.2 Å². The quantitative estimate of drug-likeness (QED) is 0.854. The lowest BCUT2D eigenvalue weighted by Crippen LogP contribution is -2.43. The number of carbonyl (C=O) groups excluding carboxylic acids is 1. The van der Waals surface area contributed by atoms with Gasteiger partial charge in [0.15, 0.2) is 11.5 Å². The highest BCUT2D eigenvalue weighted by molar-refractivity contribution is 5.90. The summed E-state index contributed by atoms with van der Waals surface area (Å²) in [5.74, 6) is 0.824. The smallest absolute Gasteiger partial charge is 0.337 e. The lowest BCUT2D eigenvalue weighted by Gasteiger charge is -2.35. The minimum absolute atomic E-state index is 0.243. The standard InChI is InChI=1S/C15H21NO4/c1-15(6-8-16-9-7-15)20-13-10-11(14(17)19-3)4-5-12(13)18-2/h4-5,10,16H,6-9H2,1-3H3. The highest BCUT2D eigenvalue weighted by Gasteiger charge is 2.30. The summed E-state index contributed by atoms with van der Waals surface area (Å²) in [6, 6.07) is 5.08. The van der Waals surface area contributed by atoms with Crippen molar-refractivity contribution in [3.8, 4) is 11.5 Å². The molecule has 1 aliphatic rings. The van der Waals surface area contributed by atoms with Crippen LogP contribution < -0.4 is 14.8 Å². The van der Waals surface area contributed by atoms with Crippen LogP contribution in [0.15, 0.2) is 18.2 Å². The van der Waals surface area contributed by atoms with Gasteiger partial charge in [0.2, 0.25) is 0 Å². The molecule has 0 saturated carbocycles. The number of nitrogens with one attached hydrogen (secondary N) is 1. The van der Waals surface area contributed by atoms with Crippen LogP contribution in [0.4, 0.5) is 0 Å². The Kier molecular flexibility index (Phi) is 4.49. The molecule has 1 aromatic carbocycles. The van der Waals surface area contributed by atoms with Crippen molar-refractivity contribution in [3.05, 3.63) is 23.8 Å². The van der Waals surface area contributed by atoms with Crippen LogP contribution in [0, 0.1) is 0 Å². The number of esters is 1. The van der Waals surface area contributed by atoms with E-state index >= 15 is 0 Å². The fourth-order valence-electron chi connectivity index (χ4n) is 2.32. The van der Waals surface area contributed by atoms with Crippen molar-refractivity contribution < 1.29 is 19.0 Å². The van der Waals surface area contributed by atoms with Crippen molar-refractivity contribution >= 4 is 5.97 Å². The molecule has 1 fully saturated rings. The van der Waals surface area contributed by atoms with Crippen LogP contribution in [-0.2, 0) is 4.74 Å². The molecule has 1 aliphatic heterocycles. The van der Waals surface area contributed by atoms with E-state index in [1.165, 1.54) is 7.11 Å². The Morgan fingerprint density at radius 1 is 1.20 bits per heavy atom. The molecule has 1 saturated heterocycles. The first kappa shape index (κ1) is 14.7. The maximum atomic E-state index is 11.6. The second kappa shape index (κ2) is 6.13. The van der Waals surface area contributed by atoms with Crippen LogP contribution in [0.25, 0.3) is 0 Å². The Morgan fingerprint density at radius 2 is 1.90 bits per heavy atom. The second-order valence-corrected chi connectivity index (χ2v) is 5.16. The largest absolute Gasteiger partial charge is 0.493 e. The summed E-state index contributed by atoms with van der Waals surface area (Å²) >= 11 is 0. The molecule has 1 heterocycles. The van der Waals surface area contributed by atoms with Crippen LogP contribution in [0.5, 0.6) is 11.5 Å². The third-order valence-corrected chi connectivity index (χ3v) is 3.60. The van der Waals surface area contributed by atoms with Crippen LogP contribution in [0.2, 0.25) is 0 Å². The third kappa shape index (κ3) is 3.22. The molecule has 2 rings (SSSR count). The van der Waals surface area contributed by atoms with Gasteiger partial charge in [0.05, 0.1) is 19.8 Å². The molecule has 5 nitrogen and oxygen atoms in total. The van der Waals surface area contributed by atoms with Crippen molar-refractivity contribution in [2.45, 2.75) is 25.4 Å². The monoisotopic (exact) mass is 279 g/mol. The molecule has 1 aromatic rings. The molecule has 1 N–H and O–H groups in total. The zero-order chi connectivity index (χ0) is 14.6. The summed E-state index contributed by atoms with van der Waals surface area (Å²) in [4.78, 5) is 11.6. The Hall–Kier alpha value is -1.75. The zero-order valence-electron chi connectivity index (χ0n) is 12.2. The van der Waals surface area contributed by atoms with Gasteiger partial charge < -0.3 is 19.5 Å². The number of ether oxygens (including phenoxy) is 3. The molecule has 0 aliphatic carbocycles. The molecule has 110 valence electrons. The van der Waals surface area contributed by atoms with Crippen molar-refractivity contribution in [2.75, 3.05) is 27.3 Å². The molecule has 0 bridgehead atoms. The first-order valence-electron chi connectivity index (χ1n) is 6.74. The predicted molar refractivity (Wildman–Crippen MR) is 75.5 cm³/mol. The summed E-state index contributed by atoms with van der Waals surface area (Å²) in [5, 5.41) is 3.31. The summed E-state index contributed by atoms with van der Waals surface area (Å²) in [6.07, 6.45) is 1.83. The number of rotatable bonds is 4. The van der Waals surface area contributed by atoms with Crippen LogP contribution in [0.1, 0.15) is 30.1 Å². The normalized spacial score (nSPS) is 17.4. The molecule has 0 aromatic heterocycles. The van der Waals surface area contributed by atoms with Gasteiger partial charge in [-0.2, -0.15) is 0 Å². The minimum Gasteiger partial charge on any atom is -0.493 e. The van der Waals surface area contributed by atoms with Gasteiger partial charge in [-0.15, -0.1) is 0 Å². The molecule has 20 heavy (non-hydrogen) atoms. The summed E-state index contributed by atoms with van der Waals surface area (Å²) in [7, 11) is 2.95. The lowest BCUT2D eigenvalue weighted by atomic mass is 9.94. The molecular formula is C15H21NO4. The van der Waals surface area contributed by atoms with E-state index in [-0.39, 0.29) is 11.6 Å². The highest BCUT2D eigenvalue weighted by Crippen LogP contribution is 2.34. The maximum absolute atomic E-state index is 11.6. The van der Waals surface area contributed by atoms with Crippen molar-refractivity contribution in [2.24, 2.45) is 0 Å². The van der Waals surface area contributed by atoms with E-state index in [9.17, 15) is 4.79 Å². The SMILES string of the molecule is COC(=O)c1ccc(OC)c(OC2(C)CCNCC2)c1. The van der Waals surface area contributed by atoms with Gasteiger partial charge in [-0.3, -0.25) is 0 Å². The van der Waals surface area contributed by atoms with E-state index in [1.54, 1.807) is 25.3 Å². The van der Waals surface area contributed by atoms with Gasteiger partial charge in [0.1, 0.15) is 5.60 Å². The average molecular weight is 279 g/mol.